The summed E-state index contributed by atoms with van der Waals surface area (Å²) in [5.41, 5.74) is 0. The van der Waals surface area contributed by atoms with Crippen molar-refractivity contribution < 1.29 is 14.6 Å². The van der Waals surface area contributed by atoms with Gasteiger partial charge in [0.25, 0.3) is 0 Å². The largest absolute Gasteiger partial charge is 0.463 e. The van der Waals surface area contributed by atoms with Crippen molar-refractivity contribution in [3.05, 3.63) is 5.28 Å². The summed E-state index contributed by atoms with van der Waals surface area (Å²) < 4.78 is 10.6. The maximum atomic E-state index is 8.68. The minimum Gasteiger partial charge on any atom is -0.463 e. The molecule has 0 spiro atoms. The average molecular weight is 275 g/mol. The number of anilines is 1. The standard InChI is InChI=1S/C10H15ClN4O3/c11-8-12-9(15-2-6-17-7-3-15)14-10(13-8)18-5-1-4-16/h16H,1-7H2. The summed E-state index contributed by atoms with van der Waals surface area (Å²) in [6.07, 6.45) is 0.524. The zero-order chi connectivity index (χ0) is 12.8. The van der Waals surface area contributed by atoms with Gasteiger partial charge in [0.15, 0.2) is 0 Å². The highest BCUT2D eigenvalue weighted by molar-refractivity contribution is 6.28. The first-order chi connectivity index (χ1) is 8.79. The molecular weight excluding hydrogens is 260 g/mol. The van der Waals surface area contributed by atoms with Crippen LogP contribution in [0, 0.1) is 0 Å². The Hall–Kier alpha value is -1.18. The number of morpholine rings is 1. The van der Waals surface area contributed by atoms with Crippen LogP contribution in [0.4, 0.5) is 5.95 Å². The van der Waals surface area contributed by atoms with E-state index in [1.807, 2.05) is 4.90 Å². The molecule has 0 saturated carbocycles. The fraction of sp³-hybridized carbons (Fsp3) is 0.700. The van der Waals surface area contributed by atoms with Gasteiger partial charge in [0.2, 0.25) is 11.2 Å². The van der Waals surface area contributed by atoms with Crippen molar-refractivity contribution in [2.45, 2.75) is 6.42 Å². The van der Waals surface area contributed by atoms with Crippen molar-refractivity contribution in [2.24, 2.45) is 0 Å². The topological polar surface area (TPSA) is 80.6 Å². The number of ether oxygens (including phenoxy) is 2. The van der Waals surface area contributed by atoms with Gasteiger partial charge in [0, 0.05) is 26.1 Å². The van der Waals surface area contributed by atoms with Gasteiger partial charge >= 0.3 is 6.01 Å². The highest BCUT2D eigenvalue weighted by Gasteiger charge is 2.16. The molecule has 7 nitrogen and oxygen atoms in total. The van der Waals surface area contributed by atoms with Crippen LogP contribution in [0.2, 0.25) is 5.28 Å². The van der Waals surface area contributed by atoms with Gasteiger partial charge in [-0.15, -0.1) is 0 Å². The van der Waals surface area contributed by atoms with Crippen LogP contribution in [0.5, 0.6) is 6.01 Å². The maximum Gasteiger partial charge on any atom is 0.322 e. The van der Waals surface area contributed by atoms with Crippen molar-refractivity contribution in [2.75, 3.05) is 44.4 Å². The molecule has 1 aromatic rings. The van der Waals surface area contributed by atoms with Crippen LogP contribution >= 0.6 is 11.6 Å². The molecule has 18 heavy (non-hydrogen) atoms. The van der Waals surface area contributed by atoms with Gasteiger partial charge in [0.1, 0.15) is 0 Å². The van der Waals surface area contributed by atoms with Crippen LogP contribution < -0.4 is 9.64 Å². The van der Waals surface area contributed by atoms with E-state index in [0.717, 1.165) is 13.1 Å². The van der Waals surface area contributed by atoms with E-state index in [0.29, 0.717) is 32.2 Å². The Morgan fingerprint density at radius 3 is 2.78 bits per heavy atom. The second-order valence-corrected chi connectivity index (χ2v) is 4.05. The molecule has 0 aliphatic carbocycles. The van der Waals surface area contributed by atoms with E-state index >= 15 is 0 Å². The number of nitrogens with zero attached hydrogens (tertiary/aromatic N) is 4. The van der Waals surface area contributed by atoms with Crippen molar-refractivity contribution in [3.63, 3.8) is 0 Å². The van der Waals surface area contributed by atoms with Gasteiger partial charge in [-0.25, -0.2) is 0 Å². The van der Waals surface area contributed by atoms with Crippen LogP contribution in [0.3, 0.4) is 0 Å². The van der Waals surface area contributed by atoms with Gasteiger partial charge < -0.3 is 19.5 Å². The fourth-order valence-corrected chi connectivity index (χ4v) is 1.67. The molecule has 1 aromatic heterocycles. The SMILES string of the molecule is OCCCOc1nc(Cl)nc(N2CCOCC2)n1. The average Bonchev–Trinajstić information content (AvgIpc) is 2.39. The van der Waals surface area contributed by atoms with Crippen molar-refractivity contribution in [1.82, 2.24) is 15.0 Å². The van der Waals surface area contributed by atoms with E-state index in [-0.39, 0.29) is 17.9 Å². The van der Waals surface area contributed by atoms with E-state index < -0.39 is 0 Å². The molecule has 0 bridgehead atoms. The van der Waals surface area contributed by atoms with E-state index in [1.165, 1.54) is 0 Å². The van der Waals surface area contributed by atoms with Crippen LogP contribution in [-0.4, -0.2) is 59.6 Å². The lowest BCUT2D eigenvalue weighted by Crippen LogP contribution is -2.37. The third kappa shape index (κ3) is 3.66. The molecule has 0 amide bonds. The highest BCUT2D eigenvalue weighted by Crippen LogP contribution is 2.16. The van der Waals surface area contributed by atoms with Crippen LogP contribution in [0.1, 0.15) is 6.42 Å². The number of hydrogen-bond acceptors (Lipinski definition) is 7. The fourth-order valence-electron chi connectivity index (χ4n) is 1.52. The Morgan fingerprint density at radius 1 is 1.28 bits per heavy atom. The molecule has 0 aromatic carbocycles. The molecule has 8 heteroatoms. The lowest BCUT2D eigenvalue weighted by Gasteiger charge is -2.26. The Balaban J connectivity index is 2.05. The third-order valence-corrected chi connectivity index (χ3v) is 2.57. The second kappa shape index (κ2) is 6.67. The third-order valence-electron chi connectivity index (χ3n) is 2.40. The number of aliphatic hydroxyl groups excluding tert-OH is 1. The first-order valence-corrected chi connectivity index (χ1v) is 6.15. The van der Waals surface area contributed by atoms with E-state index in [4.69, 9.17) is 26.2 Å². The molecule has 1 saturated heterocycles. The predicted octanol–water partition coefficient (Wildman–Crippen LogP) is 0.123. The first kappa shape index (κ1) is 13.3. The minimum atomic E-state index is 0.0646. The smallest absolute Gasteiger partial charge is 0.322 e. The molecule has 0 radical (unpaired) electrons. The Labute approximate surface area is 110 Å². The van der Waals surface area contributed by atoms with Crippen molar-refractivity contribution >= 4 is 17.5 Å². The molecular formula is C10H15ClN4O3. The summed E-state index contributed by atoms with van der Waals surface area (Å²) in [4.78, 5) is 14.1. The summed E-state index contributed by atoms with van der Waals surface area (Å²) >= 11 is 5.83. The van der Waals surface area contributed by atoms with Crippen LogP contribution in [-0.2, 0) is 4.74 Å². The molecule has 2 heterocycles. The highest BCUT2D eigenvalue weighted by atomic mass is 35.5. The summed E-state index contributed by atoms with van der Waals surface area (Å²) in [7, 11) is 0. The first-order valence-electron chi connectivity index (χ1n) is 5.77. The lowest BCUT2D eigenvalue weighted by molar-refractivity contribution is 0.122. The maximum absolute atomic E-state index is 8.68. The van der Waals surface area contributed by atoms with Crippen LogP contribution in [0.15, 0.2) is 0 Å². The molecule has 0 unspecified atom stereocenters. The minimum absolute atomic E-state index is 0.0646. The Kier molecular flexibility index (Phi) is 4.91. The molecule has 1 aliphatic heterocycles. The number of aliphatic hydroxyl groups is 1. The summed E-state index contributed by atoms with van der Waals surface area (Å²) in [5.74, 6) is 0.497. The van der Waals surface area contributed by atoms with E-state index in [1.54, 1.807) is 0 Å². The Morgan fingerprint density at radius 2 is 2.06 bits per heavy atom. The molecule has 1 fully saturated rings. The number of rotatable bonds is 5. The Bertz CT molecular complexity index is 387. The van der Waals surface area contributed by atoms with Crippen LogP contribution in [0.25, 0.3) is 0 Å². The normalized spacial score (nSPS) is 15.8. The van der Waals surface area contributed by atoms with Gasteiger partial charge in [-0.05, 0) is 11.6 Å². The quantitative estimate of drug-likeness (QED) is 0.764. The van der Waals surface area contributed by atoms with Gasteiger partial charge in [-0.1, -0.05) is 0 Å². The molecule has 1 N–H and O–H groups in total. The van der Waals surface area contributed by atoms with E-state index in [2.05, 4.69) is 15.0 Å². The summed E-state index contributed by atoms with van der Waals surface area (Å²) in [6, 6.07) is 0.185. The number of hydrogen-bond donors (Lipinski definition) is 1. The van der Waals surface area contributed by atoms with Crippen molar-refractivity contribution in [1.29, 1.82) is 0 Å². The van der Waals surface area contributed by atoms with E-state index in [9.17, 15) is 0 Å². The summed E-state index contributed by atoms with van der Waals surface area (Å²) in [5, 5.41) is 8.78. The van der Waals surface area contributed by atoms with Gasteiger partial charge in [-0.3, -0.25) is 0 Å². The molecule has 0 atom stereocenters. The zero-order valence-electron chi connectivity index (χ0n) is 9.88. The molecule has 100 valence electrons. The zero-order valence-corrected chi connectivity index (χ0v) is 10.6. The number of halogens is 1. The second-order valence-electron chi connectivity index (χ2n) is 3.71. The molecule has 1 aliphatic rings. The lowest BCUT2D eigenvalue weighted by atomic mass is 10.4. The number of aromatic nitrogens is 3. The molecule has 2 rings (SSSR count). The van der Waals surface area contributed by atoms with Gasteiger partial charge in [-0.2, -0.15) is 15.0 Å². The summed E-state index contributed by atoms with van der Waals surface area (Å²) in [6.45, 7) is 3.13. The monoisotopic (exact) mass is 274 g/mol. The predicted molar refractivity (Wildman–Crippen MR) is 65.1 cm³/mol. The van der Waals surface area contributed by atoms with Crippen molar-refractivity contribution in [3.8, 4) is 6.01 Å². The van der Waals surface area contributed by atoms with Gasteiger partial charge in [0.05, 0.1) is 19.8 Å².